The van der Waals surface area contributed by atoms with E-state index in [2.05, 4.69) is 48.7 Å². The Morgan fingerprint density at radius 1 is 1.03 bits per heavy atom. The summed E-state index contributed by atoms with van der Waals surface area (Å²) in [6.45, 7) is 3.72. The average molecular weight is 383 g/mol. The molecule has 7 heteroatoms. The van der Waals surface area contributed by atoms with Gasteiger partial charge in [-0.2, -0.15) is 5.26 Å². The Balaban J connectivity index is 1.41. The molecule has 4 heterocycles. The van der Waals surface area contributed by atoms with Crippen LogP contribution in [0.1, 0.15) is 29.5 Å². The Morgan fingerprint density at radius 2 is 1.90 bits per heavy atom. The lowest BCUT2D eigenvalue weighted by molar-refractivity contribution is 0.765. The highest BCUT2D eigenvalue weighted by Gasteiger charge is 2.18. The normalized spacial score (nSPS) is 15.2. The van der Waals surface area contributed by atoms with Crippen LogP contribution in [0.15, 0.2) is 42.7 Å². The van der Waals surface area contributed by atoms with Gasteiger partial charge in [-0.15, -0.1) is 0 Å². The number of nitriles is 1. The third-order valence-electron chi connectivity index (χ3n) is 5.44. The third kappa shape index (κ3) is 3.50. The molecule has 0 bridgehead atoms. The van der Waals surface area contributed by atoms with Crippen LogP contribution in [0.2, 0.25) is 0 Å². The molecule has 2 aliphatic heterocycles. The second kappa shape index (κ2) is 7.49. The number of nitrogens with zero attached hydrogens (tertiary/aromatic N) is 5. The predicted molar refractivity (Wildman–Crippen MR) is 112 cm³/mol. The molecule has 144 valence electrons. The van der Waals surface area contributed by atoms with Crippen LogP contribution in [0.4, 0.5) is 17.5 Å². The largest absolute Gasteiger partial charge is 0.356 e. The van der Waals surface area contributed by atoms with E-state index < -0.39 is 0 Å². The summed E-state index contributed by atoms with van der Waals surface area (Å²) in [6, 6.07) is 12.3. The van der Waals surface area contributed by atoms with Gasteiger partial charge in [0.1, 0.15) is 11.9 Å². The highest BCUT2D eigenvalue weighted by Crippen LogP contribution is 2.27. The molecule has 3 aromatic rings. The smallest absolute Gasteiger partial charge is 0.227 e. The zero-order valence-electron chi connectivity index (χ0n) is 16.0. The molecule has 0 unspecified atom stereocenters. The molecule has 0 amide bonds. The molecule has 2 aliphatic rings. The molecule has 7 nitrogen and oxygen atoms in total. The summed E-state index contributed by atoms with van der Waals surface area (Å²) >= 11 is 0. The molecule has 1 fully saturated rings. The van der Waals surface area contributed by atoms with Crippen molar-refractivity contribution in [3.63, 3.8) is 0 Å². The highest BCUT2D eigenvalue weighted by molar-refractivity contribution is 5.67. The molecule has 0 radical (unpaired) electrons. The van der Waals surface area contributed by atoms with Gasteiger partial charge in [-0.05, 0) is 48.2 Å². The van der Waals surface area contributed by atoms with Crippen molar-refractivity contribution in [1.29, 1.82) is 5.26 Å². The summed E-state index contributed by atoms with van der Waals surface area (Å²) in [4.78, 5) is 15.7. The van der Waals surface area contributed by atoms with E-state index in [4.69, 9.17) is 0 Å². The van der Waals surface area contributed by atoms with Crippen molar-refractivity contribution in [2.24, 2.45) is 0 Å². The van der Waals surface area contributed by atoms with Crippen LogP contribution in [0.3, 0.4) is 0 Å². The zero-order chi connectivity index (χ0) is 19.6. The Bertz CT molecular complexity index is 1100. The minimum atomic E-state index is 0.524. The molecule has 2 aromatic heterocycles. The van der Waals surface area contributed by atoms with Gasteiger partial charge in [0.15, 0.2) is 0 Å². The van der Waals surface area contributed by atoms with E-state index in [-0.39, 0.29) is 0 Å². The van der Waals surface area contributed by atoms with Crippen LogP contribution in [0.5, 0.6) is 0 Å². The highest BCUT2D eigenvalue weighted by atomic mass is 15.2. The summed E-state index contributed by atoms with van der Waals surface area (Å²) in [5.41, 5.74) is 5.73. The fraction of sp³-hybridized carbons (Fsp3) is 0.273. The number of rotatable bonds is 4. The molecule has 0 spiro atoms. The second-order valence-electron chi connectivity index (χ2n) is 7.38. The number of benzene rings is 1. The van der Waals surface area contributed by atoms with E-state index in [0.29, 0.717) is 11.5 Å². The second-order valence-corrected chi connectivity index (χ2v) is 7.38. The molecule has 0 atom stereocenters. The van der Waals surface area contributed by atoms with E-state index in [1.54, 1.807) is 12.4 Å². The van der Waals surface area contributed by atoms with Gasteiger partial charge in [-0.3, -0.25) is 0 Å². The van der Waals surface area contributed by atoms with Crippen molar-refractivity contribution < 1.29 is 0 Å². The van der Waals surface area contributed by atoms with Gasteiger partial charge in [0, 0.05) is 49.8 Å². The molecule has 5 rings (SSSR count). The Labute approximate surface area is 169 Å². The monoisotopic (exact) mass is 383 g/mol. The van der Waals surface area contributed by atoms with Crippen LogP contribution in [-0.2, 0) is 13.1 Å². The number of fused-ring (bicyclic) bond motifs is 1. The molecule has 2 N–H and O–H groups in total. The number of nitrogens with one attached hydrogen (secondary N) is 2. The van der Waals surface area contributed by atoms with Crippen molar-refractivity contribution in [2.75, 3.05) is 23.3 Å². The van der Waals surface area contributed by atoms with Gasteiger partial charge >= 0.3 is 0 Å². The Morgan fingerprint density at radius 3 is 2.76 bits per heavy atom. The first-order chi connectivity index (χ1) is 14.3. The SMILES string of the molecule is N#Cc1cc(-c2ccnc(Nc3ccc4c(c3)CNC4)n2)cnc1N1CCCC1. The van der Waals surface area contributed by atoms with Crippen molar-refractivity contribution in [2.45, 2.75) is 25.9 Å². The van der Waals surface area contributed by atoms with Crippen LogP contribution >= 0.6 is 0 Å². The molecular weight excluding hydrogens is 362 g/mol. The molecule has 0 aliphatic carbocycles. The van der Waals surface area contributed by atoms with Gasteiger partial charge in [-0.1, -0.05) is 6.07 Å². The maximum Gasteiger partial charge on any atom is 0.227 e. The van der Waals surface area contributed by atoms with Gasteiger partial charge < -0.3 is 15.5 Å². The summed E-state index contributed by atoms with van der Waals surface area (Å²) in [6.07, 6.45) is 5.81. The number of anilines is 3. The van der Waals surface area contributed by atoms with Gasteiger partial charge in [0.25, 0.3) is 0 Å². The quantitative estimate of drug-likeness (QED) is 0.714. The average Bonchev–Trinajstić information content (AvgIpc) is 3.45. The maximum atomic E-state index is 9.61. The maximum absolute atomic E-state index is 9.61. The molecule has 1 saturated heterocycles. The van der Waals surface area contributed by atoms with E-state index in [1.165, 1.54) is 11.1 Å². The fourth-order valence-electron chi connectivity index (χ4n) is 3.94. The fourth-order valence-corrected chi connectivity index (χ4v) is 3.94. The number of hydrogen-bond acceptors (Lipinski definition) is 7. The summed E-state index contributed by atoms with van der Waals surface area (Å²) in [7, 11) is 0. The molecular formula is C22H21N7. The lowest BCUT2D eigenvalue weighted by Crippen LogP contribution is -2.20. The molecule has 29 heavy (non-hydrogen) atoms. The summed E-state index contributed by atoms with van der Waals surface area (Å²) in [5.74, 6) is 1.29. The first-order valence-electron chi connectivity index (χ1n) is 9.88. The first kappa shape index (κ1) is 17.6. The lowest BCUT2D eigenvalue weighted by Gasteiger charge is -2.18. The summed E-state index contributed by atoms with van der Waals surface area (Å²) < 4.78 is 0. The van der Waals surface area contributed by atoms with Crippen LogP contribution in [0, 0.1) is 11.3 Å². The van der Waals surface area contributed by atoms with Crippen molar-refractivity contribution >= 4 is 17.5 Å². The lowest BCUT2D eigenvalue weighted by atomic mass is 10.1. The van der Waals surface area contributed by atoms with E-state index in [0.717, 1.165) is 61.8 Å². The van der Waals surface area contributed by atoms with Gasteiger partial charge in [0.2, 0.25) is 5.95 Å². The summed E-state index contributed by atoms with van der Waals surface area (Å²) in [5, 5.41) is 16.2. The van der Waals surface area contributed by atoms with Crippen molar-refractivity contribution in [3.05, 3.63) is 59.4 Å². The minimum absolute atomic E-state index is 0.524. The van der Waals surface area contributed by atoms with Crippen molar-refractivity contribution in [1.82, 2.24) is 20.3 Å². The van der Waals surface area contributed by atoms with E-state index >= 15 is 0 Å². The number of aromatic nitrogens is 3. The van der Waals surface area contributed by atoms with Crippen molar-refractivity contribution in [3.8, 4) is 17.3 Å². The first-order valence-corrected chi connectivity index (χ1v) is 9.88. The number of pyridine rings is 1. The minimum Gasteiger partial charge on any atom is -0.356 e. The topological polar surface area (TPSA) is 89.8 Å². The van der Waals surface area contributed by atoms with E-state index in [1.807, 2.05) is 18.2 Å². The van der Waals surface area contributed by atoms with Crippen LogP contribution < -0.4 is 15.5 Å². The van der Waals surface area contributed by atoms with Crippen LogP contribution in [-0.4, -0.2) is 28.0 Å². The standard InChI is InChI=1S/C22H21N7/c23-11-16-9-18(14-26-21(16)29-7-1-2-8-29)20-5-6-25-22(28-20)27-19-4-3-15-12-24-13-17(15)10-19/h3-6,9-10,14,24H,1-2,7-8,12-13H2,(H,25,27,28). The zero-order valence-corrected chi connectivity index (χ0v) is 16.0. The van der Waals surface area contributed by atoms with Gasteiger partial charge in [0.05, 0.1) is 11.3 Å². The van der Waals surface area contributed by atoms with Gasteiger partial charge in [-0.25, -0.2) is 15.0 Å². The third-order valence-corrected chi connectivity index (χ3v) is 5.44. The number of hydrogen-bond donors (Lipinski definition) is 2. The Hall–Kier alpha value is -3.50. The molecule has 0 saturated carbocycles. The Kier molecular flexibility index (Phi) is 4.54. The van der Waals surface area contributed by atoms with E-state index in [9.17, 15) is 5.26 Å². The predicted octanol–water partition coefficient (Wildman–Crippen LogP) is 3.36. The molecule has 1 aromatic carbocycles. The van der Waals surface area contributed by atoms with Crippen LogP contribution in [0.25, 0.3) is 11.3 Å².